The molecule has 21 heavy (non-hydrogen) atoms. The second-order valence-corrected chi connectivity index (χ2v) is 7.48. The van der Waals surface area contributed by atoms with E-state index in [1.807, 2.05) is 12.1 Å². The summed E-state index contributed by atoms with van der Waals surface area (Å²) in [7, 11) is -3.55. The minimum Gasteiger partial charge on any atom is -0.381 e. The van der Waals surface area contributed by atoms with Crippen LogP contribution in [-0.2, 0) is 21.2 Å². The third-order valence-electron chi connectivity index (χ3n) is 3.83. The Bertz CT molecular complexity index is 551. The maximum absolute atomic E-state index is 12.5. The molecule has 1 aromatic carbocycles. The summed E-state index contributed by atoms with van der Waals surface area (Å²) in [5.41, 5.74) is 0.551. The van der Waals surface area contributed by atoms with Gasteiger partial charge in [-0.25, -0.2) is 13.1 Å². The number of benzene rings is 1. The molecular weight excluding hydrogens is 310 g/mol. The molecule has 0 bridgehead atoms. The van der Waals surface area contributed by atoms with Crippen LogP contribution in [0.2, 0.25) is 0 Å². The van der Waals surface area contributed by atoms with Crippen LogP contribution in [0.25, 0.3) is 0 Å². The van der Waals surface area contributed by atoms with Gasteiger partial charge < -0.3 is 4.74 Å². The highest BCUT2D eigenvalue weighted by atomic mass is 35.5. The summed E-state index contributed by atoms with van der Waals surface area (Å²) >= 11 is 6.01. The number of hydrogen-bond acceptors (Lipinski definition) is 3. The molecule has 0 radical (unpaired) electrons. The van der Waals surface area contributed by atoms with Gasteiger partial charge in [-0.2, -0.15) is 0 Å². The van der Waals surface area contributed by atoms with E-state index in [1.54, 1.807) is 12.1 Å². The van der Waals surface area contributed by atoms with Gasteiger partial charge in [-0.05, 0) is 37.0 Å². The topological polar surface area (TPSA) is 55.4 Å². The van der Waals surface area contributed by atoms with E-state index in [4.69, 9.17) is 16.3 Å². The lowest BCUT2D eigenvalue weighted by atomic mass is 9.94. The predicted molar refractivity (Wildman–Crippen MR) is 84.3 cm³/mol. The maximum Gasteiger partial charge on any atom is 0.241 e. The van der Waals surface area contributed by atoms with Crippen LogP contribution in [0.5, 0.6) is 0 Å². The number of alkyl halides is 1. The van der Waals surface area contributed by atoms with Gasteiger partial charge in [0.05, 0.1) is 10.4 Å². The van der Waals surface area contributed by atoms with Crippen molar-refractivity contribution in [1.82, 2.24) is 4.72 Å². The molecule has 1 saturated heterocycles. The molecule has 0 atom stereocenters. The smallest absolute Gasteiger partial charge is 0.241 e. The first-order valence-electron chi connectivity index (χ1n) is 7.28. The summed E-state index contributed by atoms with van der Waals surface area (Å²) in [5.74, 6) is 0.253. The van der Waals surface area contributed by atoms with Crippen LogP contribution < -0.4 is 4.72 Å². The molecule has 1 N–H and O–H groups in total. The van der Waals surface area contributed by atoms with Crippen LogP contribution in [0.15, 0.2) is 29.2 Å². The fourth-order valence-electron chi connectivity index (χ4n) is 2.49. The third kappa shape index (κ3) is 4.19. The summed E-state index contributed by atoms with van der Waals surface area (Å²) in [6, 6.07) is 7.06. The molecule has 6 heteroatoms. The van der Waals surface area contributed by atoms with Crippen molar-refractivity contribution in [3.05, 3.63) is 29.8 Å². The number of rotatable bonds is 6. The van der Waals surface area contributed by atoms with Gasteiger partial charge in [-0.3, -0.25) is 0 Å². The average Bonchev–Trinajstić information content (AvgIpc) is 2.49. The minimum atomic E-state index is -3.55. The molecule has 0 spiro atoms. The van der Waals surface area contributed by atoms with Crippen LogP contribution in [0.1, 0.15) is 31.7 Å². The second kappa shape index (κ2) is 7.09. The lowest BCUT2D eigenvalue weighted by molar-refractivity contribution is 0.0549. The van der Waals surface area contributed by atoms with Crippen LogP contribution >= 0.6 is 11.6 Å². The van der Waals surface area contributed by atoms with E-state index in [0.717, 1.165) is 18.4 Å². The number of halogens is 1. The Morgan fingerprint density at radius 1 is 1.24 bits per heavy atom. The summed E-state index contributed by atoms with van der Waals surface area (Å²) < 4.78 is 33.1. The SMILES string of the molecule is CCCc1ccc(S(=O)(=O)NC2(CCl)CCOCC2)cc1. The largest absolute Gasteiger partial charge is 0.381 e. The molecule has 4 nitrogen and oxygen atoms in total. The van der Waals surface area contributed by atoms with E-state index in [0.29, 0.717) is 31.0 Å². The monoisotopic (exact) mass is 331 g/mol. The number of sulfonamides is 1. The Morgan fingerprint density at radius 2 is 1.86 bits per heavy atom. The van der Waals surface area contributed by atoms with Gasteiger partial charge in [0.1, 0.15) is 0 Å². The number of nitrogens with one attached hydrogen (secondary N) is 1. The molecule has 0 aliphatic carbocycles. The van der Waals surface area contributed by atoms with Crippen molar-refractivity contribution < 1.29 is 13.2 Å². The highest BCUT2D eigenvalue weighted by Gasteiger charge is 2.36. The summed E-state index contributed by atoms with van der Waals surface area (Å²) in [4.78, 5) is 0.290. The molecule has 2 rings (SSSR count). The fourth-order valence-corrected chi connectivity index (χ4v) is 4.36. The summed E-state index contributed by atoms with van der Waals surface area (Å²) in [6.45, 7) is 3.16. The van der Waals surface area contributed by atoms with Crippen molar-refractivity contribution in [1.29, 1.82) is 0 Å². The predicted octanol–water partition coefficient (Wildman–Crippen LogP) is 2.71. The van der Waals surface area contributed by atoms with Gasteiger partial charge in [-0.15, -0.1) is 11.6 Å². The molecule has 0 unspecified atom stereocenters. The Balaban J connectivity index is 2.16. The van der Waals surface area contributed by atoms with Crippen LogP contribution in [0, 0.1) is 0 Å². The third-order valence-corrected chi connectivity index (χ3v) is 5.94. The Morgan fingerprint density at radius 3 is 2.38 bits per heavy atom. The quantitative estimate of drug-likeness (QED) is 0.815. The number of ether oxygens (including phenoxy) is 1. The van der Waals surface area contributed by atoms with E-state index in [2.05, 4.69) is 11.6 Å². The molecule has 0 amide bonds. The molecule has 118 valence electrons. The molecule has 0 saturated carbocycles. The van der Waals surface area contributed by atoms with Crippen molar-refractivity contribution in [3.63, 3.8) is 0 Å². The Labute approximate surface area is 131 Å². The van der Waals surface area contributed by atoms with Gasteiger partial charge in [0, 0.05) is 19.1 Å². The van der Waals surface area contributed by atoms with Crippen molar-refractivity contribution in [3.8, 4) is 0 Å². The Kier molecular flexibility index (Phi) is 5.66. The number of hydrogen-bond donors (Lipinski definition) is 1. The normalized spacial score (nSPS) is 18.6. The molecule has 1 aliphatic rings. The van der Waals surface area contributed by atoms with Gasteiger partial charge >= 0.3 is 0 Å². The first-order valence-corrected chi connectivity index (χ1v) is 9.30. The van der Waals surface area contributed by atoms with Crippen LogP contribution in [-0.4, -0.2) is 33.1 Å². The minimum absolute atomic E-state index is 0.253. The molecule has 1 fully saturated rings. The maximum atomic E-state index is 12.5. The average molecular weight is 332 g/mol. The molecular formula is C15H22ClNO3S. The highest BCUT2D eigenvalue weighted by Crippen LogP contribution is 2.25. The van der Waals surface area contributed by atoms with Crippen molar-refractivity contribution in [2.24, 2.45) is 0 Å². The van der Waals surface area contributed by atoms with Crippen molar-refractivity contribution in [2.45, 2.75) is 43.0 Å². The standard InChI is InChI=1S/C15H22ClNO3S/c1-2-3-13-4-6-14(7-5-13)21(18,19)17-15(12-16)8-10-20-11-9-15/h4-7,17H,2-3,8-12H2,1H3. The molecule has 1 aromatic rings. The van der Waals surface area contributed by atoms with E-state index in [1.165, 1.54) is 0 Å². The summed E-state index contributed by atoms with van der Waals surface area (Å²) in [6.07, 6.45) is 3.20. The summed E-state index contributed by atoms with van der Waals surface area (Å²) in [5, 5.41) is 0. The number of aryl methyl sites for hydroxylation is 1. The van der Waals surface area contributed by atoms with Crippen LogP contribution in [0.4, 0.5) is 0 Å². The van der Waals surface area contributed by atoms with Gasteiger partial charge in [-0.1, -0.05) is 25.5 Å². The van der Waals surface area contributed by atoms with Gasteiger partial charge in [0.2, 0.25) is 10.0 Å². The zero-order valence-electron chi connectivity index (χ0n) is 12.3. The second-order valence-electron chi connectivity index (χ2n) is 5.53. The van der Waals surface area contributed by atoms with Gasteiger partial charge in [0.25, 0.3) is 0 Å². The first kappa shape index (κ1) is 16.7. The molecule has 0 aromatic heterocycles. The fraction of sp³-hybridized carbons (Fsp3) is 0.600. The van der Waals surface area contributed by atoms with E-state index in [-0.39, 0.29) is 5.88 Å². The lowest BCUT2D eigenvalue weighted by Crippen LogP contribution is -2.53. The van der Waals surface area contributed by atoms with Gasteiger partial charge in [0.15, 0.2) is 0 Å². The van der Waals surface area contributed by atoms with Crippen molar-refractivity contribution >= 4 is 21.6 Å². The van der Waals surface area contributed by atoms with Crippen molar-refractivity contribution in [2.75, 3.05) is 19.1 Å². The Hall–Kier alpha value is -0.620. The zero-order valence-corrected chi connectivity index (χ0v) is 13.8. The lowest BCUT2D eigenvalue weighted by Gasteiger charge is -2.35. The highest BCUT2D eigenvalue weighted by molar-refractivity contribution is 7.89. The van der Waals surface area contributed by atoms with E-state index >= 15 is 0 Å². The first-order chi connectivity index (χ1) is 10.0. The van der Waals surface area contributed by atoms with E-state index < -0.39 is 15.6 Å². The zero-order chi connectivity index (χ0) is 15.3. The molecule has 1 heterocycles. The van der Waals surface area contributed by atoms with Crippen LogP contribution in [0.3, 0.4) is 0 Å². The molecule has 1 aliphatic heterocycles. The van der Waals surface area contributed by atoms with E-state index in [9.17, 15) is 8.42 Å².